The molecule has 0 unspecified atom stereocenters. The zero-order chi connectivity index (χ0) is 22.1. The number of halogens is 1. The van der Waals surface area contributed by atoms with Crippen LogP contribution >= 0.6 is 11.6 Å². The molecule has 0 saturated carbocycles. The Morgan fingerprint density at radius 2 is 1.67 bits per heavy atom. The molecule has 0 aliphatic carbocycles. The lowest BCUT2D eigenvalue weighted by Crippen LogP contribution is -2.49. The minimum atomic E-state index is -0.498. The summed E-state index contributed by atoms with van der Waals surface area (Å²) in [6, 6.07) is 15.1. The van der Waals surface area contributed by atoms with Crippen LogP contribution < -0.4 is 5.32 Å². The molecular formula is C25H33ClN2O2. The lowest BCUT2D eigenvalue weighted by molar-refractivity contribution is -0.141. The van der Waals surface area contributed by atoms with Crippen LogP contribution in [0.15, 0.2) is 48.5 Å². The van der Waals surface area contributed by atoms with E-state index in [-0.39, 0.29) is 11.8 Å². The predicted molar refractivity (Wildman–Crippen MR) is 123 cm³/mol. The van der Waals surface area contributed by atoms with Crippen LogP contribution in [0.3, 0.4) is 0 Å². The highest BCUT2D eigenvalue weighted by Gasteiger charge is 2.28. The van der Waals surface area contributed by atoms with Crippen molar-refractivity contribution in [2.24, 2.45) is 5.92 Å². The van der Waals surface area contributed by atoms with E-state index in [0.717, 1.165) is 16.7 Å². The van der Waals surface area contributed by atoms with Crippen molar-refractivity contribution in [1.82, 2.24) is 10.2 Å². The number of nitrogens with one attached hydrogen (secondary N) is 1. The Balaban J connectivity index is 2.22. The quantitative estimate of drug-likeness (QED) is 0.568. The average molecular weight is 429 g/mol. The highest BCUT2D eigenvalue weighted by Crippen LogP contribution is 2.20. The van der Waals surface area contributed by atoms with Crippen molar-refractivity contribution in [3.05, 3.63) is 70.2 Å². The zero-order valence-electron chi connectivity index (χ0n) is 18.5. The summed E-state index contributed by atoms with van der Waals surface area (Å²) in [5.74, 6) is 0.225. The molecule has 0 heterocycles. The maximum atomic E-state index is 13.3. The first-order valence-electron chi connectivity index (χ1n) is 10.7. The zero-order valence-corrected chi connectivity index (χ0v) is 19.2. The van der Waals surface area contributed by atoms with Crippen LogP contribution in [-0.4, -0.2) is 29.3 Å². The first-order valence-corrected chi connectivity index (χ1v) is 11.1. The van der Waals surface area contributed by atoms with Gasteiger partial charge in [-0.1, -0.05) is 74.8 Å². The van der Waals surface area contributed by atoms with Crippen LogP contribution in [-0.2, 0) is 22.6 Å². The molecule has 0 radical (unpaired) electrons. The number of amides is 2. The molecule has 0 spiro atoms. The third-order valence-corrected chi connectivity index (χ3v) is 5.61. The summed E-state index contributed by atoms with van der Waals surface area (Å²) in [6.07, 6.45) is 1.42. The molecule has 1 N–H and O–H groups in total. The second-order valence-electron chi connectivity index (χ2n) is 8.10. The molecule has 162 valence electrons. The van der Waals surface area contributed by atoms with Gasteiger partial charge in [-0.15, -0.1) is 0 Å². The minimum absolute atomic E-state index is 0.0373. The standard InChI is InChI=1S/C25H33ClN2O2/c1-5-23(25(30)27-16-18(2)3)28(17-21-12-7-6-10-19(21)4)24(29)15-14-20-11-8-9-13-22(20)26/h6-13,18,23H,5,14-17H2,1-4H3,(H,27,30)/t23-/m1/s1. The molecule has 5 heteroatoms. The number of rotatable bonds is 10. The fourth-order valence-electron chi connectivity index (χ4n) is 3.40. The van der Waals surface area contributed by atoms with E-state index in [4.69, 9.17) is 11.6 Å². The topological polar surface area (TPSA) is 49.4 Å². The number of aryl methyl sites for hydroxylation is 2. The summed E-state index contributed by atoms with van der Waals surface area (Å²) in [5.41, 5.74) is 3.11. The summed E-state index contributed by atoms with van der Waals surface area (Å²) < 4.78 is 0. The van der Waals surface area contributed by atoms with Crippen molar-refractivity contribution in [3.63, 3.8) is 0 Å². The van der Waals surface area contributed by atoms with Crippen LogP contribution in [0.1, 0.15) is 50.3 Å². The maximum Gasteiger partial charge on any atom is 0.242 e. The first-order chi connectivity index (χ1) is 14.3. The molecule has 2 aromatic carbocycles. The van der Waals surface area contributed by atoms with Crippen LogP contribution in [0.5, 0.6) is 0 Å². The predicted octanol–water partition coefficient (Wildman–Crippen LogP) is 5.16. The van der Waals surface area contributed by atoms with Crippen molar-refractivity contribution in [3.8, 4) is 0 Å². The molecule has 4 nitrogen and oxygen atoms in total. The Morgan fingerprint density at radius 1 is 1.03 bits per heavy atom. The van der Waals surface area contributed by atoms with E-state index in [0.29, 0.717) is 43.3 Å². The third-order valence-electron chi connectivity index (χ3n) is 5.24. The lowest BCUT2D eigenvalue weighted by atomic mass is 10.0. The number of hydrogen-bond donors (Lipinski definition) is 1. The molecule has 1 atom stereocenters. The Labute approximate surface area is 185 Å². The molecule has 0 aliphatic rings. The second kappa shape index (κ2) is 11.8. The van der Waals surface area contributed by atoms with Gasteiger partial charge in [-0.3, -0.25) is 9.59 Å². The monoisotopic (exact) mass is 428 g/mol. The van der Waals surface area contributed by atoms with Crippen molar-refractivity contribution < 1.29 is 9.59 Å². The van der Waals surface area contributed by atoms with Crippen molar-refractivity contribution in [2.45, 2.75) is 59.5 Å². The van der Waals surface area contributed by atoms with Crippen LogP contribution in [0.2, 0.25) is 5.02 Å². The Kier molecular flexibility index (Phi) is 9.38. The van der Waals surface area contributed by atoms with Gasteiger partial charge in [-0.25, -0.2) is 0 Å². The number of nitrogens with zero attached hydrogens (tertiary/aromatic N) is 1. The summed E-state index contributed by atoms with van der Waals surface area (Å²) in [6.45, 7) is 9.11. The molecular weight excluding hydrogens is 396 g/mol. The first kappa shape index (κ1) is 23.9. The lowest BCUT2D eigenvalue weighted by Gasteiger charge is -2.31. The van der Waals surface area contributed by atoms with Crippen molar-refractivity contribution in [1.29, 1.82) is 0 Å². The third kappa shape index (κ3) is 6.88. The van der Waals surface area contributed by atoms with Crippen LogP contribution in [0.25, 0.3) is 0 Å². The summed E-state index contributed by atoms with van der Waals surface area (Å²) in [7, 11) is 0. The van der Waals surface area contributed by atoms with E-state index < -0.39 is 6.04 Å². The van der Waals surface area contributed by atoms with Crippen molar-refractivity contribution in [2.75, 3.05) is 6.54 Å². The van der Waals surface area contributed by atoms with E-state index in [2.05, 4.69) is 19.2 Å². The van der Waals surface area contributed by atoms with Gasteiger partial charge >= 0.3 is 0 Å². The van der Waals surface area contributed by atoms with Crippen molar-refractivity contribution >= 4 is 23.4 Å². The van der Waals surface area contributed by atoms with Gasteiger partial charge < -0.3 is 10.2 Å². The second-order valence-corrected chi connectivity index (χ2v) is 8.51. The number of carbonyl (C=O) groups is 2. The maximum absolute atomic E-state index is 13.3. The molecule has 0 fully saturated rings. The van der Waals surface area contributed by atoms with Gasteiger partial charge in [0.05, 0.1) is 0 Å². The summed E-state index contributed by atoms with van der Waals surface area (Å²) in [4.78, 5) is 27.9. The van der Waals surface area contributed by atoms with Gasteiger partial charge in [-0.2, -0.15) is 0 Å². The highest BCUT2D eigenvalue weighted by molar-refractivity contribution is 6.31. The normalized spacial score (nSPS) is 11.9. The molecule has 2 amide bonds. The Hall–Kier alpha value is -2.33. The largest absolute Gasteiger partial charge is 0.354 e. The van der Waals surface area contributed by atoms with Gasteiger partial charge in [0.1, 0.15) is 6.04 Å². The summed E-state index contributed by atoms with van der Waals surface area (Å²) >= 11 is 6.26. The number of benzene rings is 2. The Bertz CT molecular complexity index is 851. The number of carbonyl (C=O) groups excluding carboxylic acids is 2. The molecule has 2 aromatic rings. The fourth-order valence-corrected chi connectivity index (χ4v) is 3.63. The van der Waals surface area contributed by atoms with Crippen LogP contribution in [0.4, 0.5) is 0 Å². The van der Waals surface area contributed by atoms with Gasteiger partial charge in [0.15, 0.2) is 0 Å². The smallest absolute Gasteiger partial charge is 0.242 e. The SMILES string of the molecule is CC[C@H](C(=O)NCC(C)C)N(Cc1ccccc1C)C(=O)CCc1ccccc1Cl. The minimum Gasteiger partial charge on any atom is -0.354 e. The van der Waals surface area contributed by atoms with Gasteiger partial charge in [0.25, 0.3) is 0 Å². The average Bonchev–Trinajstić information content (AvgIpc) is 2.72. The fraction of sp³-hybridized carbons (Fsp3) is 0.440. The molecule has 0 aliphatic heterocycles. The van der Waals surface area contributed by atoms with Crippen LogP contribution in [0, 0.1) is 12.8 Å². The van der Waals surface area contributed by atoms with E-state index in [9.17, 15) is 9.59 Å². The molecule has 30 heavy (non-hydrogen) atoms. The highest BCUT2D eigenvalue weighted by atomic mass is 35.5. The number of hydrogen-bond acceptors (Lipinski definition) is 2. The summed E-state index contributed by atoms with van der Waals surface area (Å²) in [5, 5.41) is 3.66. The van der Waals surface area contributed by atoms with Gasteiger partial charge in [0, 0.05) is 24.5 Å². The van der Waals surface area contributed by atoms with E-state index in [1.807, 2.05) is 62.4 Å². The molecule has 0 saturated heterocycles. The van der Waals surface area contributed by atoms with E-state index in [1.165, 1.54) is 0 Å². The van der Waals surface area contributed by atoms with E-state index >= 15 is 0 Å². The molecule has 0 aromatic heterocycles. The van der Waals surface area contributed by atoms with Gasteiger partial charge in [-0.05, 0) is 48.4 Å². The Morgan fingerprint density at radius 3 is 2.27 bits per heavy atom. The molecule has 2 rings (SSSR count). The van der Waals surface area contributed by atoms with E-state index in [1.54, 1.807) is 4.90 Å². The molecule has 0 bridgehead atoms. The van der Waals surface area contributed by atoms with Gasteiger partial charge in [0.2, 0.25) is 11.8 Å².